The zero-order chi connectivity index (χ0) is 33.0. The van der Waals surface area contributed by atoms with E-state index in [1.54, 1.807) is 0 Å². The maximum Gasteiger partial charge on any atom is 2.00 e. The summed E-state index contributed by atoms with van der Waals surface area (Å²) in [5, 5.41) is 7.25. The first kappa shape index (κ1) is 33.3. The number of aromatic nitrogens is 4. The van der Waals surface area contributed by atoms with Gasteiger partial charge in [0.25, 0.3) is 0 Å². The van der Waals surface area contributed by atoms with E-state index in [-0.39, 0.29) is 38.1 Å². The fourth-order valence-electron chi connectivity index (χ4n) is 6.67. The maximum atomic E-state index is 14.3. The van der Waals surface area contributed by atoms with E-state index in [1.807, 2.05) is 41.0 Å². The molecule has 0 N–H and O–H groups in total. The van der Waals surface area contributed by atoms with Crippen LogP contribution < -0.4 is 4.74 Å². The minimum atomic E-state index is -0.351. The van der Waals surface area contributed by atoms with Crippen LogP contribution in [-0.4, -0.2) is 19.3 Å². The molecule has 48 heavy (non-hydrogen) atoms. The molecule has 3 aromatic heterocycles. The number of benzene rings is 4. The third kappa shape index (κ3) is 5.87. The Morgan fingerprint density at radius 3 is 2.21 bits per heavy atom. The Balaban J connectivity index is 0.00000401. The molecule has 7 rings (SSSR count). The summed E-state index contributed by atoms with van der Waals surface area (Å²) < 4.78 is 24.8. The van der Waals surface area contributed by atoms with Crippen LogP contribution in [0.25, 0.3) is 44.4 Å². The first-order chi connectivity index (χ1) is 22.6. The fourth-order valence-corrected chi connectivity index (χ4v) is 6.67. The van der Waals surface area contributed by atoms with E-state index in [2.05, 4.69) is 101 Å². The van der Waals surface area contributed by atoms with Crippen molar-refractivity contribution in [2.45, 2.75) is 60.3 Å². The Kier molecular flexibility index (Phi) is 9.13. The Morgan fingerprint density at radius 2 is 1.50 bits per heavy atom. The molecular weight excluding hydrogens is 690 g/mol. The van der Waals surface area contributed by atoms with Gasteiger partial charge in [0.05, 0.1) is 11.4 Å². The van der Waals surface area contributed by atoms with Gasteiger partial charge < -0.3 is 9.30 Å². The zero-order valence-electron chi connectivity index (χ0n) is 28.1. The summed E-state index contributed by atoms with van der Waals surface area (Å²) >= 11 is 0. The number of para-hydroxylation sites is 1. The van der Waals surface area contributed by atoms with E-state index in [1.165, 1.54) is 40.6 Å². The van der Waals surface area contributed by atoms with Crippen LogP contribution in [-0.2, 0) is 20.4 Å². The van der Waals surface area contributed by atoms with Gasteiger partial charge in [-0.15, -0.1) is 35.7 Å². The summed E-state index contributed by atoms with van der Waals surface area (Å²) in [7, 11) is 0. The molecule has 7 aromatic rings. The molecule has 0 bridgehead atoms. The molecule has 0 unspecified atom stereocenters. The van der Waals surface area contributed by atoms with Gasteiger partial charge in [0, 0.05) is 34.8 Å². The van der Waals surface area contributed by atoms with Crippen LogP contribution in [0.3, 0.4) is 0 Å². The van der Waals surface area contributed by atoms with Crippen molar-refractivity contribution in [3.05, 3.63) is 131 Å². The number of halogens is 1. The minimum Gasteiger partial charge on any atom is -0.509 e. The second kappa shape index (κ2) is 13.1. The van der Waals surface area contributed by atoms with Crippen molar-refractivity contribution in [3.63, 3.8) is 0 Å². The van der Waals surface area contributed by atoms with Crippen molar-refractivity contribution in [1.29, 1.82) is 0 Å². The van der Waals surface area contributed by atoms with Crippen molar-refractivity contribution in [2.75, 3.05) is 0 Å². The molecule has 0 saturated heterocycles. The van der Waals surface area contributed by atoms with Crippen LogP contribution in [0.1, 0.15) is 67.6 Å². The van der Waals surface area contributed by atoms with Gasteiger partial charge >= 0.3 is 20.4 Å². The maximum absolute atomic E-state index is 14.3. The third-order valence-electron chi connectivity index (χ3n) is 8.69. The second-order valence-electron chi connectivity index (χ2n) is 12.9. The van der Waals surface area contributed by atoms with Gasteiger partial charge in [-0.1, -0.05) is 76.5 Å². The summed E-state index contributed by atoms with van der Waals surface area (Å²) in [5.74, 6) is 1.65. The molecule has 0 aliphatic carbocycles. The van der Waals surface area contributed by atoms with Gasteiger partial charge in [-0.25, -0.2) is 9.37 Å². The van der Waals surface area contributed by atoms with Crippen molar-refractivity contribution >= 4 is 21.8 Å². The first-order valence-corrected chi connectivity index (χ1v) is 16.1. The normalized spacial score (nSPS) is 11.5. The average molecular weight is 727 g/mol. The molecule has 3 heterocycles. The van der Waals surface area contributed by atoms with Gasteiger partial charge in [-0.2, -0.15) is 16.7 Å². The van der Waals surface area contributed by atoms with Crippen LogP contribution in [0.15, 0.2) is 85.1 Å². The molecule has 7 heteroatoms. The van der Waals surface area contributed by atoms with Gasteiger partial charge in [-0.3, -0.25) is 4.68 Å². The summed E-state index contributed by atoms with van der Waals surface area (Å²) in [4.78, 5) is 4.48. The predicted molar refractivity (Wildman–Crippen MR) is 188 cm³/mol. The van der Waals surface area contributed by atoms with E-state index < -0.39 is 0 Å². The van der Waals surface area contributed by atoms with Gasteiger partial charge in [0.15, 0.2) is 0 Å². The topological polar surface area (TPSA) is 44.9 Å². The number of hydrogen-bond acceptors (Lipinski definition) is 3. The number of fused-ring (bicyclic) bond motifs is 3. The number of nitrogens with zero attached hydrogens (tertiary/aromatic N) is 4. The molecule has 0 saturated carbocycles. The van der Waals surface area contributed by atoms with Crippen LogP contribution >= 0.6 is 0 Å². The molecule has 0 aliphatic heterocycles. The summed E-state index contributed by atoms with van der Waals surface area (Å²) in [5.41, 5.74) is 10.7. The molecule has 0 spiro atoms. The Morgan fingerprint density at radius 1 is 0.750 bits per heavy atom. The van der Waals surface area contributed by atoms with E-state index in [0.717, 1.165) is 44.4 Å². The Labute approximate surface area is 295 Å². The van der Waals surface area contributed by atoms with Crippen molar-refractivity contribution in [2.24, 2.45) is 0 Å². The van der Waals surface area contributed by atoms with E-state index in [0.29, 0.717) is 17.3 Å². The van der Waals surface area contributed by atoms with Crippen molar-refractivity contribution in [3.8, 4) is 34.1 Å². The Bertz CT molecular complexity index is 2280. The van der Waals surface area contributed by atoms with Crippen LogP contribution in [0, 0.1) is 38.7 Å². The molecule has 0 amide bonds. The number of rotatable bonds is 7. The number of aryl methyl sites for hydroxylation is 3. The van der Waals surface area contributed by atoms with Crippen molar-refractivity contribution < 1.29 is 29.6 Å². The predicted octanol–water partition coefficient (Wildman–Crippen LogP) is 10.7. The van der Waals surface area contributed by atoms with Gasteiger partial charge in [-0.05, 0) is 65.6 Å². The number of hydrogen-bond donors (Lipinski definition) is 0. The molecular formula is C41H37FN4OPd. The minimum absolute atomic E-state index is 0. The first-order valence-electron chi connectivity index (χ1n) is 16.1. The van der Waals surface area contributed by atoms with E-state index >= 15 is 0 Å². The molecule has 5 nitrogen and oxygen atoms in total. The van der Waals surface area contributed by atoms with Crippen LogP contribution in [0.4, 0.5) is 4.39 Å². The monoisotopic (exact) mass is 726 g/mol. The largest absolute Gasteiger partial charge is 2.00 e. The summed E-state index contributed by atoms with van der Waals surface area (Å²) in [6, 6.07) is 32.3. The molecule has 244 valence electrons. The Hall–Kier alpha value is -4.57. The molecule has 0 atom stereocenters. The SMILES string of the molecule is Cc1cc(Oc2[c-]c3c(cc2)c2ccccc2n3-c2cc(F)ccn2)[c-]c(-n2nc(C(C)C)c(-c3c(C)cccc3C)c2C(C)C)c1.[Pd+2]. The number of ether oxygens (including phenoxy) is 1. The zero-order valence-corrected chi connectivity index (χ0v) is 29.7. The van der Waals surface area contributed by atoms with Crippen LogP contribution in [0.2, 0.25) is 0 Å². The van der Waals surface area contributed by atoms with E-state index in [4.69, 9.17) is 9.84 Å². The molecule has 0 fully saturated rings. The van der Waals surface area contributed by atoms with Gasteiger partial charge in [0.2, 0.25) is 0 Å². The number of pyridine rings is 1. The van der Waals surface area contributed by atoms with Crippen LogP contribution in [0.5, 0.6) is 11.5 Å². The summed E-state index contributed by atoms with van der Waals surface area (Å²) in [6.07, 6.45) is 1.48. The standard InChI is InChI=1S/C41H37FN4O.Pd/c1-24(2)40-39(38-27(6)11-10-12-28(38)7)41(25(3)4)46(44-40)30-19-26(5)20-32(22-30)47-31-15-16-34-33-13-8-9-14-35(33)45(36(34)23-31)37-21-29(42)17-18-43-37;/h8-21,24-25H,1-7H3;/q-2;+2. The average Bonchev–Trinajstić information content (AvgIpc) is 3.58. The smallest absolute Gasteiger partial charge is 0.509 e. The van der Waals surface area contributed by atoms with Gasteiger partial charge in [0.1, 0.15) is 11.6 Å². The van der Waals surface area contributed by atoms with Crippen molar-refractivity contribution in [1.82, 2.24) is 19.3 Å². The molecule has 4 aromatic carbocycles. The van der Waals surface area contributed by atoms with E-state index in [9.17, 15) is 4.39 Å². The quantitative estimate of drug-likeness (QED) is 0.121. The third-order valence-corrected chi connectivity index (χ3v) is 8.69. The summed E-state index contributed by atoms with van der Waals surface area (Å²) in [6.45, 7) is 15.3. The fraction of sp³-hybridized carbons (Fsp3) is 0.220. The molecule has 0 radical (unpaired) electrons. The molecule has 0 aliphatic rings. The second-order valence-corrected chi connectivity index (χ2v) is 12.9.